The summed E-state index contributed by atoms with van der Waals surface area (Å²) < 4.78 is 36.2. The molecule has 0 saturated carbocycles. The first-order valence-corrected chi connectivity index (χ1v) is 6.33. The van der Waals surface area contributed by atoms with Crippen molar-refractivity contribution in [2.45, 2.75) is 37.9 Å². The van der Waals surface area contributed by atoms with E-state index in [0.29, 0.717) is 17.7 Å². The van der Waals surface area contributed by atoms with Crippen LogP contribution in [0.2, 0.25) is 0 Å². The van der Waals surface area contributed by atoms with Crippen LogP contribution in [0.3, 0.4) is 0 Å². The second-order valence-corrected chi connectivity index (χ2v) is 4.75. The van der Waals surface area contributed by atoms with E-state index in [0.717, 1.165) is 5.56 Å². The van der Waals surface area contributed by atoms with Gasteiger partial charge in [0.1, 0.15) is 5.75 Å². The number of rotatable bonds is 4. The third-order valence-electron chi connectivity index (χ3n) is 3.47. The predicted octanol–water partition coefficient (Wildman–Crippen LogP) is 2.38. The fourth-order valence-corrected chi connectivity index (χ4v) is 2.20. The minimum absolute atomic E-state index is 0.0566. The standard InChI is InChI=1S/C14H16F2O4/c1-3-13(15,16)12(17)20-14(18)7-6-9-8-10(19-2)4-5-11(9)14/h4-5,8,18H,3,6-7H2,1-2H3. The highest BCUT2D eigenvalue weighted by molar-refractivity contribution is 5.78. The normalized spacial score (nSPS) is 21.4. The molecule has 1 aromatic rings. The molecule has 0 heterocycles. The summed E-state index contributed by atoms with van der Waals surface area (Å²) in [4.78, 5) is 11.4. The summed E-state index contributed by atoms with van der Waals surface area (Å²) in [6.45, 7) is 1.18. The lowest BCUT2D eigenvalue weighted by Gasteiger charge is -2.26. The number of fused-ring (bicyclic) bond motifs is 1. The third-order valence-corrected chi connectivity index (χ3v) is 3.47. The largest absolute Gasteiger partial charge is 0.497 e. The van der Waals surface area contributed by atoms with E-state index >= 15 is 0 Å². The first-order chi connectivity index (χ1) is 9.32. The second-order valence-electron chi connectivity index (χ2n) is 4.75. The number of benzene rings is 1. The van der Waals surface area contributed by atoms with Gasteiger partial charge < -0.3 is 14.6 Å². The predicted molar refractivity (Wildman–Crippen MR) is 66.5 cm³/mol. The molecular formula is C14H16F2O4. The van der Waals surface area contributed by atoms with E-state index in [1.807, 2.05) is 0 Å². The molecule has 0 bridgehead atoms. The van der Waals surface area contributed by atoms with Crippen molar-refractivity contribution in [1.29, 1.82) is 0 Å². The molecule has 110 valence electrons. The Balaban J connectivity index is 2.25. The van der Waals surface area contributed by atoms with Crippen LogP contribution in [0.4, 0.5) is 8.78 Å². The molecule has 0 aromatic heterocycles. The highest BCUT2D eigenvalue weighted by atomic mass is 19.3. The number of hydrogen-bond donors (Lipinski definition) is 1. The van der Waals surface area contributed by atoms with Crippen LogP contribution >= 0.6 is 0 Å². The van der Waals surface area contributed by atoms with Gasteiger partial charge in [0.25, 0.3) is 0 Å². The second kappa shape index (κ2) is 5.01. The Hall–Kier alpha value is -1.69. The highest BCUT2D eigenvalue weighted by Gasteiger charge is 2.47. The summed E-state index contributed by atoms with van der Waals surface area (Å²) in [5.41, 5.74) is 1.05. The molecule has 1 aliphatic rings. The first kappa shape index (κ1) is 14.7. The zero-order chi connectivity index (χ0) is 15.0. The summed E-state index contributed by atoms with van der Waals surface area (Å²) in [6, 6.07) is 4.80. The van der Waals surface area contributed by atoms with Gasteiger partial charge in [-0.2, -0.15) is 8.78 Å². The molecule has 2 rings (SSSR count). The Morgan fingerprint density at radius 3 is 2.80 bits per heavy atom. The van der Waals surface area contributed by atoms with Gasteiger partial charge in [-0.25, -0.2) is 4.79 Å². The van der Waals surface area contributed by atoms with Gasteiger partial charge in [0, 0.05) is 18.4 Å². The Kier molecular flexibility index (Phi) is 3.69. The van der Waals surface area contributed by atoms with Crippen molar-refractivity contribution in [1.82, 2.24) is 0 Å². The molecule has 1 aromatic carbocycles. The Labute approximate surface area is 115 Å². The van der Waals surface area contributed by atoms with Crippen LogP contribution in [-0.4, -0.2) is 24.1 Å². The molecule has 0 spiro atoms. The maximum atomic E-state index is 13.3. The number of esters is 1. The van der Waals surface area contributed by atoms with Crippen LogP contribution < -0.4 is 4.74 Å². The summed E-state index contributed by atoms with van der Waals surface area (Å²) in [7, 11) is 1.50. The molecule has 0 fully saturated rings. The zero-order valence-corrected chi connectivity index (χ0v) is 11.3. The molecule has 20 heavy (non-hydrogen) atoms. The Bertz CT molecular complexity index is 530. The highest BCUT2D eigenvalue weighted by Crippen LogP contribution is 2.40. The molecule has 0 radical (unpaired) electrons. The number of aryl methyl sites for hydroxylation is 1. The van der Waals surface area contributed by atoms with Gasteiger partial charge in [-0.3, -0.25) is 0 Å². The van der Waals surface area contributed by atoms with E-state index in [-0.39, 0.29) is 6.42 Å². The molecule has 4 nitrogen and oxygen atoms in total. The van der Waals surface area contributed by atoms with E-state index in [1.165, 1.54) is 20.1 Å². The lowest BCUT2D eigenvalue weighted by atomic mass is 10.1. The van der Waals surface area contributed by atoms with Crippen LogP contribution in [0.1, 0.15) is 30.9 Å². The van der Waals surface area contributed by atoms with Crippen LogP contribution in [0.25, 0.3) is 0 Å². The molecule has 0 saturated heterocycles. The molecular weight excluding hydrogens is 270 g/mol. The fourth-order valence-electron chi connectivity index (χ4n) is 2.20. The van der Waals surface area contributed by atoms with E-state index in [1.54, 1.807) is 12.1 Å². The SMILES string of the molecule is CCC(F)(F)C(=O)OC1(O)CCc2cc(OC)ccc21. The van der Waals surface area contributed by atoms with Crippen molar-refractivity contribution in [3.05, 3.63) is 29.3 Å². The molecule has 0 amide bonds. The van der Waals surface area contributed by atoms with Gasteiger partial charge in [-0.05, 0) is 30.2 Å². The number of ether oxygens (including phenoxy) is 2. The van der Waals surface area contributed by atoms with E-state index in [9.17, 15) is 18.7 Å². The number of carbonyl (C=O) groups excluding carboxylic acids is 1. The maximum absolute atomic E-state index is 13.3. The number of hydrogen-bond acceptors (Lipinski definition) is 4. The minimum Gasteiger partial charge on any atom is -0.497 e. The van der Waals surface area contributed by atoms with E-state index in [2.05, 4.69) is 4.74 Å². The van der Waals surface area contributed by atoms with Gasteiger partial charge in [0.2, 0.25) is 5.79 Å². The van der Waals surface area contributed by atoms with Gasteiger partial charge in [-0.15, -0.1) is 0 Å². The van der Waals surface area contributed by atoms with Crippen molar-refractivity contribution in [2.75, 3.05) is 7.11 Å². The number of halogens is 2. The topological polar surface area (TPSA) is 55.8 Å². The van der Waals surface area contributed by atoms with Gasteiger partial charge in [0.15, 0.2) is 0 Å². The van der Waals surface area contributed by atoms with Crippen LogP contribution in [0.5, 0.6) is 5.75 Å². The van der Waals surface area contributed by atoms with Crippen molar-refractivity contribution in [3.8, 4) is 5.75 Å². The quantitative estimate of drug-likeness (QED) is 0.682. The van der Waals surface area contributed by atoms with Crippen molar-refractivity contribution < 1.29 is 28.2 Å². The van der Waals surface area contributed by atoms with Gasteiger partial charge in [-0.1, -0.05) is 6.92 Å². The summed E-state index contributed by atoms with van der Waals surface area (Å²) in [5, 5.41) is 10.3. The lowest BCUT2D eigenvalue weighted by Crippen LogP contribution is -2.38. The smallest absolute Gasteiger partial charge is 0.379 e. The van der Waals surface area contributed by atoms with E-state index < -0.39 is 24.1 Å². The zero-order valence-electron chi connectivity index (χ0n) is 11.3. The van der Waals surface area contributed by atoms with Crippen molar-refractivity contribution >= 4 is 5.97 Å². The van der Waals surface area contributed by atoms with Crippen LogP contribution in [0, 0.1) is 0 Å². The van der Waals surface area contributed by atoms with Crippen LogP contribution in [0.15, 0.2) is 18.2 Å². The molecule has 6 heteroatoms. The van der Waals surface area contributed by atoms with Crippen molar-refractivity contribution in [3.63, 3.8) is 0 Å². The molecule has 1 unspecified atom stereocenters. The summed E-state index contributed by atoms with van der Waals surface area (Å²) >= 11 is 0. The third kappa shape index (κ3) is 2.47. The van der Waals surface area contributed by atoms with Gasteiger partial charge in [0.05, 0.1) is 7.11 Å². The number of aliphatic hydroxyl groups is 1. The Morgan fingerprint density at radius 2 is 2.20 bits per heavy atom. The van der Waals surface area contributed by atoms with Crippen molar-refractivity contribution in [2.24, 2.45) is 0 Å². The summed E-state index contributed by atoms with van der Waals surface area (Å²) in [5.74, 6) is -6.69. The molecule has 1 atom stereocenters. The average molecular weight is 286 g/mol. The Morgan fingerprint density at radius 1 is 1.50 bits per heavy atom. The number of alkyl halides is 2. The maximum Gasteiger partial charge on any atom is 0.379 e. The molecule has 1 N–H and O–H groups in total. The average Bonchev–Trinajstić information content (AvgIpc) is 2.75. The number of carbonyl (C=O) groups is 1. The first-order valence-electron chi connectivity index (χ1n) is 6.33. The fraction of sp³-hybridized carbons (Fsp3) is 0.500. The minimum atomic E-state index is -3.59. The van der Waals surface area contributed by atoms with Crippen LogP contribution in [-0.2, 0) is 21.7 Å². The van der Waals surface area contributed by atoms with E-state index in [4.69, 9.17) is 4.74 Å². The molecule has 1 aliphatic carbocycles. The molecule has 0 aliphatic heterocycles. The summed E-state index contributed by atoms with van der Waals surface area (Å²) in [6.07, 6.45) is -0.188. The lowest BCUT2D eigenvalue weighted by molar-refractivity contribution is -0.234. The number of methoxy groups -OCH3 is 1. The van der Waals surface area contributed by atoms with Gasteiger partial charge >= 0.3 is 11.9 Å². The monoisotopic (exact) mass is 286 g/mol.